The third-order valence-corrected chi connectivity index (χ3v) is 5.05. The second kappa shape index (κ2) is 7.00. The van der Waals surface area contributed by atoms with E-state index in [1.807, 2.05) is 55.1 Å². The summed E-state index contributed by atoms with van der Waals surface area (Å²) in [5.74, 6) is -0.525. The molecule has 1 fully saturated rings. The van der Waals surface area contributed by atoms with Gasteiger partial charge in [0.15, 0.2) is 0 Å². The summed E-state index contributed by atoms with van der Waals surface area (Å²) in [6.45, 7) is 6.31. The predicted molar refractivity (Wildman–Crippen MR) is 104 cm³/mol. The van der Waals surface area contributed by atoms with Crippen molar-refractivity contribution < 1.29 is 14.3 Å². The lowest BCUT2D eigenvalue weighted by atomic mass is 9.97. The van der Waals surface area contributed by atoms with Crippen LogP contribution < -0.4 is 4.90 Å². The minimum Gasteiger partial charge on any atom is -0.378 e. The maximum Gasteiger partial charge on any atom is 0.282 e. The van der Waals surface area contributed by atoms with E-state index in [1.165, 1.54) is 4.90 Å². The van der Waals surface area contributed by atoms with E-state index in [4.69, 9.17) is 4.74 Å². The number of benzene rings is 2. The van der Waals surface area contributed by atoms with Gasteiger partial charge in [-0.25, -0.2) is 4.90 Å². The summed E-state index contributed by atoms with van der Waals surface area (Å²) in [7, 11) is 0. The molecule has 2 heterocycles. The molecule has 0 N–H and O–H groups in total. The van der Waals surface area contributed by atoms with Crippen molar-refractivity contribution in [1.82, 2.24) is 4.90 Å². The Morgan fingerprint density at radius 3 is 2.26 bits per heavy atom. The number of nitrogens with zero attached hydrogens (tertiary/aromatic N) is 2. The number of amides is 2. The first-order chi connectivity index (χ1) is 13.1. The Morgan fingerprint density at radius 1 is 0.889 bits per heavy atom. The first-order valence-electron chi connectivity index (χ1n) is 9.16. The van der Waals surface area contributed by atoms with Crippen LogP contribution in [0.4, 0.5) is 5.69 Å². The molecule has 0 unspecified atom stereocenters. The molecule has 2 aromatic rings. The number of hydrogen-bond donors (Lipinski definition) is 0. The molecule has 2 aliphatic heterocycles. The fourth-order valence-electron chi connectivity index (χ4n) is 3.75. The molecule has 2 aromatic carbocycles. The Bertz CT molecular complexity index is 928. The van der Waals surface area contributed by atoms with Crippen molar-refractivity contribution in [2.24, 2.45) is 0 Å². The molecule has 27 heavy (non-hydrogen) atoms. The van der Waals surface area contributed by atoms with Gasteiger partial charge in [-0.3, -0.25) is 9.59 Å². The highest BCUT2D eigenvalue weighted by Gasteiger charge is 2.43. The molecule has 0 atom stereocenters. The van der Waals surface area contributed by atoms with Crippen molar-refractivity contribution in [2.75, 3.05) is 31.2 Å². The third kappa shape index (κ3) is 3.04. The molecule has 138 valence electrons. The zero-order valence-corrected chi connectivity index (χ0v) is 15.6. The molecule has 0 saturated carbocycles. The number of hydrogen-bond acceptors (Lipinski definition) is 4. The number of para-hydroxylation sites is 1. The largest absolute Gasteiger partial charge is 0.378 e. The van der Waals surface area contributed by atoms with E-state index in [-0.39, 0.29) is 11.8 Å². The number of imide groups is 1. The lowest BCUT2D eigenvalue weighted by Gasteiger charge is -2.29. The summed E-state index contributed by atoms with van der Waals surface area (Å²) in [5.41, 5.74) is 4.51. The second-order valence-corrected chi connectivity index (χ2v) is 6.92. The number of carbonyl (C=O) groups excluding carboxylic acids is 2. The molecule has 0 radical (unpaired) electrons. The lowest BCUT2D eigenvalue weighted by molar-refractivity contribution is -0.121. The van der Waals surface area contributed by atoms with E-state index in [1.54, 1.807) is 12.1 Å². The number of ether oxygens (including phenoxy) is 1. The van der Waals surface area contributed by atoms with Gasteiger partial charge in [-0.05, 0) is 37.1 Å². The van der Waals surface area contributed by atoms with Crippen LogP contribution in [0.15, 0.2) is 54.2 Å². The van der Waals surface area contributed by atoms with Crippen molar-refractivity contribution in [3.05, 3.63) is 70.9 Å². The maximum atomic E-state index is 13.4. The minimum absolute atomic E-state index is 0.261. The summed E-state index contributed by atoms with van der Waals surface area (Å²) < 4.78 is 5.44. The van der Waals surface area contributed by atoms with Crippen molar-refractivity contribution >= 4 is 23.1 Å². The standard InChI is InChI=1S/C22H22N2O3/c1-15-8-9-18(16(2)14-15)19-20(23-10-12-27-13-11-23)22(26)24(21(19)25)17-6-4-3-5-7-17/h3-9,14H,10-13H2,1-2H3. The quantitative estimate of drug-likeness (QED) is 0.788. The predicted octanol–water partition coefficient (Wildman–Crippen LogP) is 2.92. The molecule has 0 aliphatic carbocycles. The van der Waals surface area contributed by atoms with Crippen LogP contribution in [0.25, 0.3) is 5.57 Å². The topological polar surface area (TPSA) is 49.9 Å². The number of carbonyl (C=O) groups is 2. The fraction of sp³-hybridized carbons (Fsp3) is 0.273. The minimum atomic E-state index is -0.264. The number of anilines is 1. The van der Waals surface area contributed by atoms with Gasteiger partial charge in [0.1, 0.15) is 5.70 Å². The van der Waals surface area contributed by atoms with Crippen LogP contribution in [0.2, 0.25) is 0 Å². The van der Waals surface area contributed by atoms with Gasteiger partial charge in [0.05, 0.1) is 24.5 Å². The van der Waals surface area contributed by atoms with Gasteiger partial charge >= 0.3 is 0 Å². The van der Waals surface area contributed by atoms with E-state index in [0.29, 0.717) is 43.3 Å². The van der Waals surface area contributed by atoms with Crippen LogP contribution in [0, 0.1) is 13.8 Å². The zero-order chi connectivity index (χ0) is 19.0. The number of aryl methyl sites for hydroxylation is 2. The van der Waals surface area contributed by atoms with Crippen molar-refractivity contribution in [3.8, 4) is 0 Å². The van der Waals surface area contributed by atoms with Gasteiger partial charge < -0.3 is 9.64 Å². The third-order valence-electron chi connectivity index (χ3n) is 5.05. The fourth-order valence-corrected chi connectivity index (χ4v) is 3.75. The van der Waals surface area contributed by atoms with Crippen LogP contribution in [0.1, 0.15) is 16.7 Å². The SMILES string of the molecule is Cc1ccc(C2=C(N3CCOCC3)C(=O)N(c3ccccc3)C2=O)c(C)c1. The summed E-state index contributed by atoms with van der Waals surface area (Å²) in [6, 6.07) is 15.1. The first kappa shape index (κ1) is 17.5. The molecule has 1 saturated heterocycles. The highest BCUT2D eigenvalue weighted by atomic mass is 16.5. The Balaban J connectivity index is 1.87. The van der Waals surface area contributed by atoms with Crippen LogP contribution >= 0.6 is 0 Å². The van der Waals surface area contributed by atoms with Gasteiger partial charge in [-0.1, -0.05) is 42.0 Å². The van der Waals surface area contributed by atoms with E-state index < -0.39 is 0 Å². The average molecular weight is 362 g/mol. The monoisotopic (exact) mass is 362 g/mol. The van der Waals surface area contributed by atoms with E-state index in [0.717, 1.165) is 16.7 Å². The van der Waals surface area contributed by atoms with Gasteiger partial charge in [-0.15, -0.1) is 0 Å². The average Bonchev–Trinajstić information content (AvgIpc) is 2.93. The van der Waals surface area contributed by atoms with E-state index in [9.17, 15) is 9.59 Å². The Labute approximate surface area is 158 Å². The van der Waals surface area contributed by atoms with Gasteiger partial charge in [0, 0.05) is 13.1 Å². The molecule has 2 amide bonds. The van der Waals surface area contributed by atoms with E-state index >= 15 is 0 Å². The normalized spacial score (nSPS) is 17.9. The maximum absolute atomic E-state index is 13.4. The number of morpholine rings is 1. The molecule has 4 rings (SSSR count). The highest BCUT2D eigenvalue weighted by molar-refractivity contribution is 6.45. The zero-order valence-electron chi connectivity index (χ0n) is 15.6. The highest BCUT2D eigenvalue weighted by Crippen LogP contribution is 2.36. The van der Waals surface area contributed by atoms with Crippen LogP contribution in [0.5, 0.6) is 0 Å². The first-order valence-corrected chi connectivity index (χ1v) is 9.16. The molecule has 5 nitrogen and oxygen atoms in total. The molecule has 0 aromatic heterocycles. The van der Waals surface area contributed by atoms with E-state index in [2.05, 4.69) is 0 Å². The Kier molecular flexibility index (Phi) is 4.54. The lowest BCUT2D eigenvalue weighted by Crippen LogP contribution is -2.40. The molecule has 2 aliphatic rings. The Morgan fingerprint density at radius 2 is 1.59 bits per heavy atom. The molecule has 0 bridgehead atoms. The summed E-state index contributed by atoms with van der Waals surface area (Å²) in [4.78, 5) is 30.0. The van der Waals surface area contributed by atoms with Crippen molar-refractivity contribution in [2.45, 2.75) is 13.8 Å². The van der Waals surface area contributed by atoms with Crippen molar-refractivity contribution in [1.29, 1.82) is 0 Å². The van der Waals surface area contributed by atoms with Gasteiger partial charge in [0.2, 0.25) is 0 Å². The van der Waals surface area contributed by atoms with Crippen LogP contribution in [-0.4, -0.2) is 43.0 Å². The molecule has 5 heteroatoms. The van der Waals surface area contributed by atoms with Gasteiger partial charge in [0.25, 0.3) is 11.8 Å². The Hall–Kier alpha value is -2.92. The summed E-state index contributed by atoms with van der Waals surface area (Å²) in [6.07, 6.45) is 0. The number of rotatable bonds is 3. The van der Waals surface area contributed by atoms with Gasteiger partial charge in [-0.2, -0.15) is 0 Å². The van der Waals surface area contributed by atoms with Crippen LogP contribution in [-0.2, 0) is 14.3 Å². The second-order valence-electron chi connectivity index (χ2n) is 6.92. The summed E-state index contributed by atoms with van der Waals surface area (Å²) >= 11 is 0. The van der Waals surface area contributed by atoms with Crippen LogP contribution in [0.3, 0.4) is 0 Å². The summed E-state index contributed by atoms with van der Waals surface area (Å²) in [5, 5.41) is 0. The molecular formula is C22H22N2O3. The van der Waals surface area contributed by atoms with Crippen molar-refractivity contribution in [3.63, 3.8) is 0 Å². The molecular weight excluding hydrogens is 340 g/mol. The smallest absolute Gasteiger partial charge is 0.282 e. The molecule has 0 spiro atoms.